The van der Waals surface area contributed by atoms with E-state index in [0.29, 0.717) is 31.7 Å². The molecule has 0 spiro atoms. The number of aryl methyl sites for hydroxylation is 1. The van der Waals surface area contributed by atoms with Crippen molar-refractivity contribution in [1.29, 1.82) is 0 Å². The summed E-state index contributed by atoms with van der Waals surface area (Å²) in [4.78, 5) is 11.7. The van der Waals surface area contributed by atoms with Crippen LogP contribution in [0.25, 0.3) is 0 Å². The molecular weight excluding hydrogens is 283 g/mol. The molecule has 1 aliphatic heterocycles. The first kappa shape index (κ1) is 16.9. The van der Waals surface area contributed by atoms with Crippen LogP contribution in [0.15, 0.2) is 18.2 Å². The highest BCUT2D eigenvalue weighted by atomic mass is 35.5. The first-order chi connectivity index (χ1) is 9.15. The standard InChI is InChI=1S/C14H19FN2O2.ClH/c1-10-2-3-11(6-13(10)15)8-17-14(18)7-12-9-19-5-4-16-12;/h2-3,6,12,16H,4-5,7-9H2,1H3,(H,17,18);1H. The summed E-state index contributed by atoms with van der Waals surface area (Å²) >= 11 is 0. The third kappa shape index (κ3) is 5.07. The predicted octanol–water partition coefficient (Wildman–Crippen LogP) is 1.55. The number of halogens is 2. The summed E-state index contributed by atoms with van der Waals surface area (Å²) in [5, 5.41) is 6.01. The summed E-state index contributed by atoms with van der Waals surface area (Å²) in [7, 11) is 0. The molecule has 1 amide bonds. The van der Waals surface area contributed by atoms with Gasteiger partial charge in [0.1, 0.15) is 5.82 Å². The van der Waals surface area contributed by atoms with E-state index in [9.17, 15) is 9.18 Å². The van der Waals surface area contributed by atoms with E-state index in [-0.39, 0.29) is 30.2 Å². The van der Waals surface area contributed by atoms with Gasteiger partial charge < -0.3 is 15.4 Å². The van der Waals surface area contributed by atoms with Gasteiger partial charge in [-0.1, -0.05) is 12.1 Å². The first-order valence-corrected chi connectivity index (χ1v) is 6.48. The van der Waals surface area contributed by atoms with Gasteiger partial charge in [0.2, 0.25) is 5.91 Å². The van der Waals surface area contributed by atoms with Crippen LogP contribution in [0.5, 0.6) is 0 Å². The fourth-order valence-electron chi connectivity index (χ4n) is 1.99. The number of carbonyl (C=O) groups excluding carboxylic acids is 1. The number of nitrogens with one attached hydrogen (secondary N) is 2. The van der Waals surface area contributed by atoms with Gasteiger partial charge in [-0.2, -0.15) is 0 Å². The van der Waals surface area contributed by atoms with Gasteiger partial charge in [-0.3, -0.25) is 4.79 Å². The van der Waals surface area contributed by atoms with Crippen molar-refractivity contribution in [3.63, 3.8) is 0 Å². The Hall–Kier alpha value is -1.17. The molecule has 2 N–H and O–H groups in total. The smallest absolute Gasteiger partial charge is 0.221 e. The number of hydrogen-bond acceptors (Lipinski definition) is 3. The molecule has 0 radical (unpaired) electrons. The van der Waals surface area contributed by atoms with Crippen LogP contribution in [0.3, 0.4) is 0 Å². The van der Waals surface area contributed by atoms with Crippen molar-refractivity contribution < 1.29 is 13.9 Å². The molecule has 1 aromatic carbocycles. The molecule has 20 heavy (non-hydrogen) atoms. The van der Waals surface area contributed by atoms with Crippen LogP contribution < -0.4 is 10.6 Å². The summed E-state index contributed by atoms with van der Waals surface area (Å²) in [5.41, 5.74) is 1.38. The summed E-state index contributed by atoms with van der Waals surface area (Å²) < 4.78 is 18.6. The Balaban J connectivity index is 0.00000200. The third-order valence-corrected chi connectivity index (χ3v) is 3.16. The minimum atomic E-state index is -0.242. The maximum absolute atomic E-state index is 13.3. The van der Waals surface area contributed by atoms with Gasteiger partial charge in [-0.15, -0.1) is 12.4 Å². The van der Waals surface area contributed by atoms with Gasteiger partial charge in [0, 0.05) is 25.6 Å². The Morgan fingerprint density at radius 1 is 1.55 bits per heavy atom. The normalized spacial score (nSPS) is 18.2. The Morgan fingerprint density at radius 2 is 2.35 bits per heavy atom. The van der Waals surface area contributed by atoms with E-state index < -0.39 is 0 Å². The highest BCUT2D eigenvalue weighted by Gasteiger charge is 2.16. The second-order valence-corrected chi connectivity index (χ2v) is 4.79. The Kier molecular flexibility index (Phi) is 6.91. The number of hydrogen-bond donors (Lipinski definition) is 2. The monoisotopic (exact) mass is 302 g/mol. The van der Waals surface area contributed by atoms with E-state index in [4.69, 9.17) is 4.74 Å². The van der Waals surface area contributed by atoms with E-state index >= 15 is 0 Å². The number of amides is 1. The zero-order chi connectivity index (χ0) is 13.7. The predicted molar refractivity (Wildman–Crippen MR) is 77.5 cm³/mol. The lowest BCUT2D eigenvalue weighted by Crippen LogP contribution is -2.44. The van der Waals surface area contributed by atoms with Crippen molar-refractivity contribution in [2.45, 2.75) is 25.9 Å². The molecule has 2 rings (SSSR count). The number of carbonyl (C=O) groups is 1. The second kappa shape index (κ2) is 8.19. The highest BCUT2D eigenvalue weighted by Crippen LogP contribution is 2.09. The van der Waals surface area contributed by atoms with Crippen molar-refractivity contribution in [2.75, 3.05) is 19.8 Å². The summed E-state index contributed by atoms with van der Waals surface area (Å²) in [5.74, 6) is -0.293. The maximum Gasteiger partial charge on any atom is 0.221 e. The van der Waals surface area contributed by atoms with E-state index in [1.165, 1.54) is 6.07 Å². The minimum Gasteiger partial charge on any atom is -0.378 e. The van der Waals surface area contributed by atoms with Crippen molar-refractivity contribution in [3.8, 4) is 0 Å². The number of ether oxygens (including phenoxy) is 1. The van der Waals surface area contributed by atoms with E-state index in [1.54, 1.807) is 13.0 Å². The molecule has 1 aromatic rings. The van der Waals surface area contributed by atoms with Crippen LogP contribution in [0, 0.1) is 12.7 Å². The number of rotatable bonds is 4. The van der Waals surface area contributed by atoms with Crippen molar-refractivity contribution in [1.82, 2.24) is 10.6 Å². The van der Waals surface area contributed by atoms with Gasteiger partial charge in [-0.05, 0) is 24.1 Å². The largest absolute Gasteiger partial charge is 0.378 e. The fourth-order valence-corrected chi connectivity index (χ4v) is 1.99. The SMILES string of the molecule is Cc1ccc(CNC(=O)CC2COCCN2)cc1F.Cl. The molecule has 0 aliphatic carbocycles. The summed E-state index contributed by atoms with van der Waals surface area (Å²) in [6, 6.07) is 5.06. The Labute approximate surface area is 124 Å². The lowest BCUT2D eigenvalue weighted by atomic mass is 10.1. The van der Waals surface area contributed by atoms with Crippen LogP contribution in [0.2, 0.25) is 0 Å². The molecule has 0 saturated carbocycles. The van der Waals surface area contributed by atoms with Gasteiger partial charge in [0.05, 0.1) is 13.2 Å². The Bertz CT molecular complexity index is 451. The van der Waals surface area contributed by atoms with Crippen LogP contribution in [0.4, 0.5) is 4.39 Å². The average Bonchev–Trinajstić information content (AvgIpc) is 2.41. The number of morpholine rings is 1. The quantitative estimate of drug-likeness (QED) is 0.887. The molecule has 6 heteroatoms. The van der Waals surface area contributed by atoms with Gasteiger partial charge >= 0.3 is 0 Å². The molecule has 1 unspecified atom stereocenters. The van der Waals surface area contributed by atoms with Crippen LogP contribution >= 0.6 is 12.4 Å². The Morgan fingerprint density at radius 3 is 3.00 bits per heavy atom. The van der Waals surface area contributed by atoms with Crippen LogP contribution in [-0.4, -0.2) is 31.7 Å². The highest BCUT2D eigenvalue weighted by molar-refractivity contribution is 5.85. The topological polar surface area (TPSA) is 50.4 Å². The average molecular weight is 303 g/mol. The molecule has 4 nitrogen and oxygen atoms in total. The molecule has 0 aromatic heterocycles. The van der Waals surface area contributed by atoms with E-state index in [2.05, 4.69) is 10.6 Å². The minimum absolute atomic E-state index is 0. The summed E-state index contributed by atoms with van der Waals surface area (Å²) in [6.07, 6.45) is 0.383. The molecule has 1 saturated heterocycles. The van der Waals surface area contributed by atoms with Gasteiger partial charge in [0.15, 0.2) is 0 Å². The van der Waals surface area contributed by atoms with Crippen molar-refractivity contribution in [2.24, 2.45) is 0 Å². The molecule has 1 aliphatic rings. The molecule has 1 fully saturated rings. The van der Waals surface area contributed by atoms with E-state index in [1.807, 2.05) is 6.07 Å². The molecule has 0 bridgehead atoms. The van der Waals surface area contributed by atoms with Crippen LogP contribution in [-0.2, 0) is 16.1 Å². The first-order valence-electron chi connectivity index (χ1n) is 6.48. The lowest BCUT2D eigenvalue weighted by molar-refractivity contribution is -0.122. The number of benzene rings is 1. The zero-order valence-electron chi connectivity index (χ0n) is 11.4. The van der Waals surface area contributed by atoms with Crippen molar-refractivity contribution in [3.05, 3.63) is 35.1 Å². The second-order valence-electron chi connectivity index (χ2n) is 4.79. The van der Waals surface area contributed by atoms with E-state index in [0.717, 1.165) is 12.1 Å². The van der Waals surface area contributed by atoms with Gasteiger partial charge in [-0.25, -0.2) is 4.39 Å². The van der Waals surface area contributed by atoms with Gasteiger partial charge in [0.25, 0.3) is 0 Å². The lowest BCUT2D eigenvalue weighted by Gasteiger charge is -2.23. The molecular formula is C14H20ClFN2O2. The van der Waals surface area contributed by atoms with Crippen LogP contribution in [0.1, 0.15) is 17.5 Å². The molecule has 1 heterocycles. The maximum atomic E-state index is 13.3. The third-order valence-electron chi connectivity index (χ3n) is 3.16. The fraction of sp³-hybridized carbons (Fsp3) is 0.500. The zero-order valence-corrected chi connectivity index (χ0v) is 12.3. The summed E-state index contributed by atoms with van der Waals surface area (Å²) in [6.45, 7) is 4.10. The van der Waals surface area contributed by atoms with Crippen molar-refractivity contribution >= 4 is 18.3 Å². The molecule has 1 atom stereocenters. The molecule has 112 valence electrons.